The predicted octanol–water partition coefficient (Wildman–Crippen LogP) is 2.25. The van der Waals surface area contributed by atoms with Gasteiger partial charge in [-0.3, -0.25) is 9.69 Å². The topological polar surface area (TPSA) is 54.3 Å². The molecule has 0 saturated carbocycles. The molecule has 6 nitrogen and oxygen atoms in total. The highest BCUT2D eigenvalue weighted by Gasteiger charge is 2.43. The second-order valence-corrected chi connectivity index (χ2v) is 8.26. The lowest BCUT2D eigenvalue weighted by Gasteiger charge is -2.39. The molecular formula is C19H25N5OS. The highest BCUT2D eigenvalue weighted by Crippen LogP contribution is 2.41. The molecule has 2 aliphatic rings. The Kier molecular flexibility index (Phi) is 4.86. The molecule has 0 N–H and O–H groups in total. The van der Waals surface area contributed by atoms with E-state index in [0.717, 1.165) is 43.6 Å². The largest absolute Gasteiger partial charge is 0.304 e. The molecule has 2 atom stereocenters. The van der Waals surface area contributed by atoms with E-state index < -0.39 is 0 Å². The number of piperazine rings is 1. The Labute approximate surface area is 158 Å². The zero-order chi connectivity index (χ0) is 18.3. The van der Waals surface area contributed by atoms with E-state index in [1.807, 2.05) is 6.92 Å². The molecule has 26 heavy (non-hydrogen) atoms. The number of carbonyl (C=O) groups excluding carboxylic acids is 1. The molecule has 2 aromatic rings. The molecule has 4 rings (SSSR count). The third kappa shape index (κ3) is 3.19. The Morgan fingerprint density at radius 3 is 2.69 bits per heavy atom. The van der Waals surface area contributed by atoms with Gasteiger partial charge in [-0.2, -0.15) is 4.68 Å². The van der Waals surface area contributed by atoms with E-state index in [-0.39, 0.29) is 17.2 Å². The quantitative estimate of drug-likeness (QED) is 0.822. The van der Waals surface area contributed by atoms with Crippen molar-refractivity contribution in [3.05, 3.63) is 41.2 Å². The van der Waals surface area contributed by atoms with Crippen molar-refractivity contribution < 1.29 is 4.79 Å². The fourth-order valence-corrected chi connectivity index (χ4v) is 5.00. The molecule has 0 bridgehead atoms. The van der Waals surface area contributed by atoms with Crippen LogP contribution in [0.25, 0.3) is 0 Å². The molecule has 138 valence electrons. The number of hydrogen-bond acceptors (Lipinski definition) is 6. The van der Waals surface area contributed by atoms with Crippen molar-refractivity contribution >= 4 is 17.7 Å². The van der Waals surface area contributed by atoms with Crippen molar-refractivity contribution in [2.75, 3.05) is 33.2 Å². The number of fused-ring (bicyclic) bond motifs is 1. The van der Waals surface area contributed by atoms with Crippen LogP contribution in [-0.2, 0) is 6.42 Å². The minimum atomic E-state index is -0.193. The number of hydrogen-bond donors (Lipinski definition) is 0. The van der Waals surface area contributed by atoms with Crippen LogP contribution in [0, 0.1) is 6.92 Å². The number of nitrogens with zero attached hydrogens (tertiary/aromatic N) is 5. The number of rotatable bonds is 4. The van der Waals surface area contributed by atoms with Gasteiger partial charge < -0.3 is 4.90 Å². The second kappa shape index (κ2) is 7.13. The summed E-state index contributed by atoms with van der Waals surface area (Å²) in [6.07, 6.45) is 0.748. The van der Waals surface area contributed by atoms with Gasteiger partial charge in [0.25, 0.3) is 5.91 Å². The van der Waals surface area contributed by atoms with Gasteiger partial charge in [-0.15, -0.1) is 5.10 Å². The average Bonchev–Trinajstić information content (AvgIpc) is 3.17. The summed E-state index contributed by atoms with van der Waals surface area (Å²) < 4.78 is 1.52. The lowest BCUT2D eigenvalue weighted by molar-refractivity contribution is 0.0766. The first-order chi connectivity index (χ1) is 12.6. The standard InChI is InChI=1S/C19H25N5OS/c1-4-15-20-19-24(21-15)18(25)17(26-19)16(14-7-5-6-13(2)12-14)23-10-8-22(3)9-11-23/h5-7,12,16-17H,4,8-11H2,1-3H3. The van der Waals surface area contributed by atoms with Gasteiger partial charge in [0.1, 0.15) is 5.25 Å². The van der Waals surface area contributed by atoms with Gasteiger partial charge in [-0.1, -0.05) is 48.5 Å². The molecule has 1 fully saturated rings. The first-order valence-corrected chi connectivity index (χ1v) is 10.1. The van der Waals surface area contributed by atoms with E-state index in [0.29, 0.717) is 0 Å². The minimum absolute atomic E-state index is 0.0506. The summed E-state index contributed by atoms with van der Waals surface area (Å²) in [5.41, 5.74) is 2.43. The summed E-state index contributed by atoms with van der Waals surface area (Å²) >= 11 is 1.57. The average molecular weight is 372 g/mol. The first-order valence-electron chi connectivity index (χ1n) is 9.23. The van der Waals surface area contributed by atoms with Crippen LogP contribution in [0.4, 0.5) is 0 Å². The fourth-order valence-electron chi connectivity index (χ4n) is 3.72. The van der Waals surface area contributed by atoms with Crippen molar-refractivity contribution in [3.8, 4) is 0 Å². The lowest BCUT2D eigenvalue weighted by Crippen LogP contribution is -2.49. The Bertz CT molecular complexity index is 812. The zero-order valence-corrected chi connectivity index (χ0v) is 16.4. The van der Waals surface area contributed by atoms with E-state index in [4.69, 9.17) is 0 Å². The van der Waals surface area contributed by atoms with Gasteiger partial charge in [0.15, 0.2) is 11.0 Å². The molecule has 7 heteroatoms. The highest BCUT2D eigenvalue weighted by molar-refractivity contribution is 8.00. The molecular weight excluding hydrogens is 346 g/mol. The SMILES string of the molecule is CCc1nc2n(n1)C(=O)C(C(c1cccc(C)c1)N1CCN(C)CC1)S2. The van der Waals surface area contributed by atoms with Crippen LogP contribution in [0.15, 0.2) is 29.4 Å². The zero-order valence-electron chi connectivity index (χ0n) is 15.6. The highest BCUT2D eigenvalue weighted by atomic mass is 32.2. The molecule has 3 heterocycles. The number of thioether (sulfide) groups is 1. The van der Waals surface area contributed by atoms with E-state index >= 15 is 0 Å². The normalized spacial score (nSPS) is 22.6. The van der Waals surface area contributed by atoms with Crippen LogP contribution in [0.5, 0.6) is 0 Å². The Hall–Kier alpha value is -1.70. The molecule has 0 radical (unpaired) electrons. The third-order valence-electron chi connectivity index (χ3n) is 5.22. The second-order valence-electron chi connectivity index (χ2n) is 7.15. The number of aromatic nitrogens is 3. The summed E-state index contributed by atoms with van der Waals surface area (Å²) in [7, 11) is 2.15. The van der Waals surface area contributed by atoms with Crippen LogP contribution in [0.1, 0.15) is 34.7 Å². The summed E-state index contributed by atoms with van der Waals surface area (Å²) in [5.74, 6) is 0.800. The van der Waals surface area contributed by atoms with Gasteiger partial charge in [-0.05, 0) is 19.5 Å². The lowest BCUT2D eigenvalue weighted by atomic mass is 9.98. The van der Waals surface area contributed by atoms with Crippen LogP contribution in [0.3, 0.4) is 0 Å². The first kappa shape index (κ1) is 17.7. The van der Waals surface area contributed by atoms with Crippen molar-refractivity contribution in [2.45, 2.75) is 36.7 Å². The van der Waals surface area contributed by atoms with E-state index in [1.54, 1.807) is 11.8 Å². The maximum absolute atomic E-state index is 13.1. The number of aryl methyl sites for hydroxylation is 2. The van der Waals surface area contributed by atoms with Crippen LogP contribution < -0.4 is 0 Å². The Morgan fingerprint density at radius 2 is 2.04 bits per heavy atom. The Balaban J connectivity index is 1.67. The smallest absolute Gasteiger partial charge is 0.264 e. The summed E-state index contributed by atoms with van der Waals surface area (Å²) in [6, 6.07) is 8.60. The monoisotopic (exact) mass is 371 g/mol. The summed E-state index contributed by atoms with van der Waals surface area (Å²) in [6.45, 7) is 8.10. The van der Waals surface area contributed by atoms with E-state index in [1.165, 1.54) is 15.8 Å². The maximum Gasteiger partial charge on any atom is 0.264 e. The van der Waals surface area contributed by atoms with Gasteiger partial charge in [0.05, 0.1) is 6.04 Å². The summed E-state index contributed by atoms with van der Waals surface area (Å²) in [4.78, 5) is 22.5. The molecule has 1 aromatic heterocycles. The van der Waals surface area contributed by atoms with Gasteiger partial charge in [-0.25, -0.2) is 4.98 Å². The van der Waals surface area contributed by atoms with Crippen LogP contribution in [0.2, 0.25) is 0 Å². The van der Waals surface area contributed by atoms with Crippen LogP contribution in [-0.4, -0.2) is 68.9 Å². The van der Waals surface area contributed by atoms with E-state index in [9.17, 15) is 4.79 Å². The van der Waals surface area contributed by atoms with E-state index in [2.05, 4.69) is 58.1 Å². The number of benzene rings is 1. The minimum Gasteiger partial charge on any atom is -0.304 e. The Morgan fingerprint density at radius 1 is 1.27 bits per heavy atom. The molecule has 0 amide bonds. The van der Waals surface area contributed by atoms with Crippen molar-refractivity contribution in [3.63, 3.8) is 0 Å². The third-order valence-corrected chi connectivity index (χ3v) is 6.41. The maximum atomic E-state index is 13.1. The predicted molar refractivity (Wildman–Crippen MR) is 103 cm³/mol. The molecule has 0 aliphatic carbocycles. The molecule has 2 aliphatic heterocycles. The molecule has 2 unspecified atom stereocenters. The van der Waals surface area contributed by atoms with Crippen molar-refractivity contribution in [1.82, 2.24) is 24.6 Å². The fraction of sp³-hybridized carbons (Fsp3) is 0.526. The molecule has 1 aromatic carbocycles. The van der Waals surface area contributed by atoms with Gasteiger partial charge in [0, 0.05) is 32.6 Å². The van der Waals surface area contributed by atoms with Gasteiger partial charge in [0.2, 0.25) is 0 Å². The van der Waals surface area contributed by atoms with Crippen molar-refractivity contribution in [1.29, 1.82) is 0 Å². The van der Waals surface area contributed by atoms with Crippen molar-refractivity contribution in [2.24, 2.45) is 0 Å². The molecule has 0 spiro atoms. The molecule has 1 saturated heterocycles. The number of likely N-dealkylation sites (N-methyl/N-ethyl adjacent to an activating group) is 1. The number of carbonyl (C=O) groups is 1. The van der Waals surface area contributed by atoms with Gasteiger partial charge >= 0.3 is 0 Å². The van der Waals surface area contributed by atoms with Crippen LogP contribution >= 0.6 is 11.8 Å². The summed E-state index contributed by atoms with van der Waals surface area (Å²) in [5, 5.41) is 4.95.